The average molecular weight is 322 g/mol. The first-order valence-corrected chi connectivity index (χ1v) is 7.23. The van der Waals surface area contributed by atoms with Crippen LogP contribution in [0.4, 0.5) is 4.39 Å². The molecule has 0 saturated carbocycles. The maximum Gasteiger partial charge on any atom is 0.269 e. The Morgan fingerprint density at radius 1 is 1.00 bits per heavy atom. The van der Waals surface area contributed by atoms with Gasteiger partial charge in [-0.2, -0.15) is 0 Å². The molecule has 0 fully saturated rings. The number of rotatable bonds is 5. The summed E-state index contributed by atoms with van der Waals surface area (Å²) >= 11 is 0. The molecular formula is C18H15FN4O. The van der Waals surface area contributed by atoms with Crippen LogP contribution < -0.4 is 10.9 Å². The zero-order chi connectivity index (χ0) is 16.9. The first kappa shape index (κ1) is 15.5. The van der Waals surface area contributed by atoms with E-state index >= 15 is 0 Å². The molecule has 5 nitrogen and oxygen atoms in total. The summed E-state index contributed by atoms with van der Waals surface area (Å²) in [6.45, 7) is 3.89. The molecule has 0 atom stereocenters. The van der Waals surface area contributed by atoms with Crippen molar-refractivity contribution in [3.05, 3.63) is 90.8 Å². The van der Waals surface area contributed by atoms with Crippen LogP contribution in [0, 0.1) is 5.82 Å². The number of hydrogen-bond donors (Lipinski definition) is 2. The molecule has 3 aromatic rings. The van der Waals surface area contributed by atoms with Crippen molar-refractivity contribution in [2.24, 2.45) is 0 Å². The lowest BCUT2D eigenvalue weighted by Gasteiger charge is -2.12. The fourth-order valence-corrected chi connectivity index (χ4v) is 2.12. The number of halogens is 1. The zero-order valence-electron chi connectivity index (χ0n) is 12.7. The van der Waals surface area contributed by atoms with Gasteiger partial charge in [-0.05, 0) is 42.0 Å². The highest BCUT2D eigenvalue weighted by molar-refractivity contribution is 5.94. The quantitative estimate of drug-likeness (QED) is 0.710. The summed E-state index contributed by atoms with van der Waals surface area (Å²) in [5, 5.41) is 0. The van der Waals surface area contributed by atoms with E-state index in [1.807, 2.05) is 35.0 Å². The van der Waals surface area contributed by atoms with Crippen molar-refractivity contribution in [3.63, 3.8) is 0 Å². The van der Waals surface area contributed by atoms with Gasteiger partial charge in [-0.1, -0.05) is 18.7 Å². The molecule has 6 heteroatoms. The Morgan fingerprint density at radius 2 is 1.67 bits per heavy atom. The molecule has 0 radical (unpaired) electrons. The van der Waals surface area contributed by atoms with Crippen LogP contribution in [0.5, 0.6) is 0 Å². The third-order valence-corrected chi connectivity index (χ3v) is 3.45. The van der Waals surface area contributed by atoms with E-state index < -0.39 is 0 Å². The van der Waals surface area contributed by atoms with Crippen molar-refractivity contribution in [1.29, 1.82) is 0 Å². The van der Waals surface area contributed by atoms with Gasteiger partial charge in [0.25, 0.3) is 5.91 Å². The van der Waals surface area contributed by atoms with Gasteiger partial charge in [-0.25, -0.2) is 9.37 Å². The fourth-order valence-electron chi connectivity index (χ4n) is 2.12. The van der Waals surface area contributed by atoms with E-state index in [-0.39, 0.29) is 11.7 Å². The van der Waals surface area contributed by atoms with Crippen molar-refractivity contribution >= 4 is 11.6 Å². The minimum absolute atomic E-state index is 0.354. The second-order valence-corrected chi connectivity index (χ2v) is 5.08. The van der Waals surface area contributed by atoms with Gasteiger partial charge in [-0.3, -0.25) is 15.6 Å². The molecule has 0 aliphatic heterocycles. The second-order valence-electron chi connectivity index (χ2n) is 5.08. The van der Waals surface area contributed by atoms with E-state index in [2.05, 4.69) is 22.4 Å². The Morgan fingerprint density at radius 3 is 2.29 bits per heavy atom. The number of amides is 1. The van der Waals surface area contributed by atoms with E-state index in [1.54, 1.807) is 12.5 Å². The maximum atomic E-state index is 12.9. The van der Waals surface area contributed by atoms with Crippen molar-refractivity contribution < 1.29 is 9.18 Å². The Labute approximate surface area is 138 Å². The first-order valence-electron chi connectivity index (χ1n) is 7.23. The van der Waals surface area contributed by atoms with Gasteiger partial charge in [-0.15, -0.1) is 0 Å². The summed E-state index contributed by atoms with van der Waals surface area (Å²) in [6, 6.07) is 12.9. The van der Waals surface area contributed by atoms with Crippen LogP contribution >= 0.6 is 0 Å². The van der Waals surface area contributed by atoms with Crippen LogP contribution in [0.15, 0.2) is 73.8 Å². The molecular weight excluding hydrogens is 307 g/mol. The number of nitrogens with zero attached hydrogens (tertiary/aromatic N) is 2. The van der Waals surface area contributed by atoms with Gasteiger partial charge in [0.2, 0.25) is 0 Å². The SMILES string of the molecule is C=C(NNC(=O)c1ccc(F)cc1)c1ccc(-n2ccnc2)cc1. The number of hydrazine groups is 1. The van der Waals surface area contributed by atoms with E-state index in [9.17, 15) is 9.18 Å². The number of benzene rings is 2. The van der Waals surface area contributed by atoms with Crippen LogP contribution in [-0.2, 0) is 0 Å². The van der Waals surface area contributed by atoms with Crippen LogP contribution in [-0.4, -0.2) is 15.5 Å². The number of carbonyl (C=O) groups is 1. The van der Waals surface area contributed by atoms with Crippen molar-refractivity contribution in [2.75, 3.05) is 0 Å². The molecule has 3 rings (SSSR count). The van der Waals surface area contributed by atoms with E-state index in [0.717, 1.165) is 11.3 Å². The smallest absolute Gasteiger partial charge is 0.269 e. The standard InChI is InChI=1S/C18H15FN4O/c1-13(21-22-18(24)15-2-6-16(19)7-3-15)14-4-8-17(9-5-14)23-11-10-20-12-23/h2-12,21H,1H2,(H,22,24). The van der Waals surface area contributed by atoms with Crippen LogP contribution in [0.2, 0.25) is 0 Å². The lowest BCUT2D eigenvalue weighted by atomic mass is 10.1. The number of carbonyl (C=O) groups excluding carboxylic acids is 1. The van der Waals surface area contributed by atoms with E-state index in [1.165, 1.54) is 24.3 Å². The topological polar surface area (TPSA) is 58.9 Å². The van der Waals surface area contributed by atoms with E-state index in [4.69, 9.17) is 0 Å². The normalized spacial score (nSPS) is 10.2. The molecule has 2 aromatic carbocycles. The highest BCUT2D eigenvalue weighted by atomic mass is 19.1. The number of imidazole rings is 1. The molecule has 0 aliphatic carbocycles. The molecule has 0 aliphatic rings. The summed E-state index contributed by atoms with van der Waals surface area (Å²) in [6.07, 6.45) is 5.27. The predicted octanol–water partition coefficient (Wildman–Crippen LogP) is 2.92. The fraction of sp³-hybridized carbons (Fsp3) is 0. The Hall–Kier alpha value is -3.41. The van der Waals surface area contributed by atoms with Gasteiger partial charge < -0.3 is 4.57 Å². The molecule has 0 unspecified atom stereocenters. The molecule has 24 heavy (non-hydrogen) atoms. The number of aromatic nitrogens is 2. The average Bonchev–Trinajstić information content (AvgIpc) is 3.15. The van der Waals surface area contributed by atoms with Crippen molar-refractivity contribution in [1.82, 2.24) is 20.4 Å². The lowest BCUT2D eigenvalue weighted by Crippen LogP contribution is -2.35. The largest absolute Gasteiger partial charge is 0.306 e. The molecule has 0 saturated heterocycles. The first-order chi connectivity index (χ1) is 11.6. The Kier molecular flexibility index (Phi) is 4.38. The predicted molar refractivity (Wildman–Crippen MR) is 89.6 cm³/mol. The minimum Gasteiger partial charge on any atom is -0.306 e. The zero-order valence-corrected chi connectivity index (χ0v) is 12.7. The summed E-state index contributed by atoms with van der Waals surface area (Å²) in [5.74, 6) is -0.756. The van der Waals surface area contributed by atoms with Crippen molar-refractivity contribution in [2.45, 2.75) is 0 Å². The third-order valence-electron chi connectivity index (χ3n) is 3.45. The molecule has 0 spiro atoms. The van der Waals surface area contributed by atoms with Gasteiger partial charge >= 0.3 is 0 Å². The van der Waals surface area contributed by atoms with Gasteiger partial charge in [0.15, 0.2) is 0 Å². The van der Waals surface area contributed by atoms with Crippen LogP contribution in [0.3, 0.4) is 0 Å². The van der Waals surface area contributed by atoms with Gasteiger partial charge in [0.05, 0.1) is 12.0 Å². The second kappa shape index (κ2) is 6.78. The van der Waals surface area contributed by atoms with Crippen molar-refractivity contribution in [3.8, 4) is 5.69 Å². The van der Waals surface area contributed by atoms with Gasteiger partial charge in [0, 0.05) is 23.6 Å². The molecule has 1 heterocycles. The molecule has 2 N–H and O–H groups in total. The molecule has 1 amide bonds. The molecule has 1 aromatic heterocycles. The molecule has 0 bridgehead atoms. The van der Waals surface area contributed by atoms with E-state index in [0.29, 0.717) is 11.3 Å². The number of nitrogens with one attached hydrogen (secondary N) is 2. The summed E-state index contributed by atoms with van der Waals surface area (Å²) in [5.41, 5.74) is 7.99. The Balaban J connectivity index is 1.60. The van der Waals surface area contributed by atoms with Gasteiger partial charge in [0.1, 0.15) is 5.82 Å². The van der Waals surface area contributed by atoms with Crippen LogP contribution in [0.25, 0.3) is 11.4 Å². The summed E-state index contributed by atoms with van der Waals surface area (Å²) in [7, 11) is 0. The highest BCUT2D eigenvalue weighted by Gasteiger charge is 2.06. The molecule has 120 valence electrons. The highest BCUT2D eigenvalue weighted by Crippen LogP contribution is 2.13. The number of hydrogen-bond acceptors (Lipinski definition) is 3. The Bertz CT molecular complexity index is 840. The summed E-state index contributed by atoms with van der Waals surface area (Å²) in [4.78, 5) is 16.0. The monoisotopic (exact) mass is 322 g/mol. The summed E-state index contributed by atoms with van der Waals surface area (Å²) < 4.78 is 14.7. The minimum atomic E-state index is -0.387. The van der Waals surface area contributed by atoms with Crippen LogP contribution in [0.1, 0.15) is 15.9 Å². The lowest BCUT2D eigenvalue weighted by molar-refractivity contribution is 0.0942. The third kappa shape index (κ3) is 3.49. The maximum absolute atomic E-state index is 12.9.